The van der Waals surface area contributed by atoms with Gasteiger partial charge in [0.2, 0.25) is 0 Å². The average molecular weight is 337 g/mol. The Balaban J connectivity index is 1.60. The average Bonchev–Trinajstić information content (AvgIpc) is 2.87. The predicted molar refractivity (Wildman–Crippen MR) is 100 cm³/mol. The van der Waals surface area contributed by atoms with Crippen molar-refractivity contribution in [3.05, 3.63) is 59.7 Å². The third-order valence-electron chi connectivity index (χ3n) is 4.28. The zero-order chi connectivity index (χ0) is 17.5. The maximum atomic E-state index is 12.1. The van der Waals surface area contributed by atoms with Crippen molar-refractivity contribution in [2.45, 2.75) is 25.7 Å². The first-order valence-electron chi connectivity index (χ1n) is 8.58. The highest BCUT2D eigenvalue weighted by Gasteiger charge is 2.13. The van der Waals surface area contributed by atoms with Crippen molar-refractivity contribution in [1.82, 2.24) is 5.43 Å². The number of hydrogen-bond donors (Lipinski definition) is 2. The molecule has 0 spiro atoms. The summed E-state index contributed by atoms with van der Waals surface area (Å²) in [4.78, 5) is 12.1. The van der Waals surface area contributed by atoms with Crippen molar-refractivity contribution in [3.63, 3.8) is 0 Å². The monoisotopic (exact) mass is 337 g/mol. The van der Waals surface area contributed by atoms with E-state index in [-0.39, 0.29) is 12.5 Å². The number of hydrazone groups is 1. The van der Waals surface area contributed by atoms with E-state index >= 15 is 0 Å². The van der Waals surface area contributed by atoms with Gasteiger partial charge in [0, 0.05) is 17.3 Å². The highest BCUT2D eigenvalue weighted by atomic mass is 16.5. The molecule has 3 rings (SSSR count). The second-order valence-electron chi connectivity index (χ2n) is 6.04. The highest BCUT2D eigenvalue weighted by molar-refractivity contribution is 6.02. The van der Waals surface area contributed by atoms with Gasteiger partial charge in [0.15, 0.2) is 0 Å². The number of anilines is 1. The summed E-state index contributed by atoms with van der Waals surface area (Å²) in [6.07, 6.45) is 4.20. The van der Waals surface area contributed by atoms with Crippen molar-refractivity contribution in [3.8, 4) is 5.75 Å². The van der Waals surface area contributed by atoms with E-state index in [1.54, 1.807) is 7.11 Å². The largest absolute Gasteiger partial charge is 0.497 e. The van der Waals surface area contributed by atoms with Crippen LogP contribution in [0.3, 0.4) is 0 Å². The maximum absolute atomic E-state index is 12.1. The lowest BCUT2D eigenvalue weighted by Crippen LogP contribution is -2.27. The zero-order valence-electron chi connectivity index (χ0n) is 14.4. The number of methoxy groups -OCH3 is 1. The predicted octanol–water partition coefficient (Wildman–Crippen LogP) is 3.35. The molecule has 2 aromatic carbocycles. The molecule has 5 nitrogen and oxygen atoms in total. The second-order valence-corrected chi connectivity index (χ2v) is 6.04. The Kier molecular flexibility index (Phi) is 5.67. The molecule has 130 valence electrons. The topological polar surface area (TPSA) is 62.7 Å². The minimum absolute atomic E-state index is 0.158. The molecule has 1 amide bonds. The van der Waals surface area contributed by atoms with Gasteiger partial charge in [-0.1, -0.05) is 30.3 Å². The van der Waals surface area contributed by atoms with Crippen molar-refractivity contribution in [1.29, 1.82) is 0 Å². The van der Waals surface area contributed by atoms with Crippen LogP contribution in [0, 0.1) is 0 Å². The third kappa shape index (κ3) is 4.59. The van der Waals surface area contributed by atoms with Gasteiger partial charge in [0.25, 0.3) is 5.91 Å². The molecule has 1 aliphatic carbocycles. The van der Waals surface area contributed by atoms with Crippen LogP contribution in [0.5, 0.6) is 5.75 Å². The van der Waals surface area contributed by atoms with E-state index in [4.69, 9.17) is 4.74 Å². The molecule has 0 unspecified atom stereocenters. The minimum atomic E-state index is -0.169. The molecule has 2 N–H and O–H groups in total. The first-order valence-corrected chi connectivity index (χ1v) is 8.58. The first kappa shape index (κ1) is 17.0. The Morgan fingerprint density at radius 3 is 2.84 bits per heavy atom. The molecule has 0 aromatic heterocycles. The summed E-state index contributed by atoms with van der Waals surface area (Å²) in [5, 5.41) is 7.46. The molecule has 0 fully saturated rings. The molecule has 1 aliphatic rings. The summed E-state index contributed by atoms with van der Waals surface area (Å²) < 4.78 is 5.17. The Bertz CT molecular complexity index is 771. The van der Waals surface area contributed by atoms with E-state index in [1.165, 1.54) is 5.56 Å². The van der Waals surface area contributed by atoms with Crippen LogP contribution in [-0.4, -0.2) is 25.3 Å². The van der Waals surface area contributed by atoms with Crippen molar-refractivity contribution >= 4 is 17.3 Å². The first-order chi connectivity index (χ1) is 12.3. The summed E-state index contributed by atoms with van der Waals surface area (Å²) >= 11 is 0. The number of amides is 1. The summed E-state index contributed by atoms with van der Waals surface area (Å²) in [7, 11) is 1.62. The normalized spacial score (nSPS) is 15.2. The standard InChI is InChI=1S/C20H23N3O2/c1-25-17-10-6-9-16(13-17)21-14-20(24)23-22-19-12-5-3-8-15-7-2-4-11-18(15)19/h2,4,6-7,9-11,13,21H,3,5,8,12,14H2,1H3,(H,23,24)/b22-19-. The Morgan fingerprint density at radius 1 is 1.12 bits per heavy atom. The molecule has 5 heteroatoms. The molecule has 0 saturated heterocycles. The molecule has 0 atom stereocenters. The van der Waals surface area contributed by atoms with E-state index in [1.807, 2.05) is 30.3 Å². The van der Waals surface area contributed by atoms with Gasteiger partial charge in [-0.25, -0.2) is 5.43 Å². The number of ether oxygens (including phenoxy) is 1. The van der Waals surface area contributed by atoms with Gasteiger partial charge >= 0.3 is 0 Å². The number of hydrogen-bond acceptors (Lipinski definition) is 4. The maximum Gasteiger partial charge on any atom is 0.259 e. The van der Waals surface area contributed by atoms with Crippen LogP contribution >= 0.6 is 0 Å². The van der Waals surface area contributed by atoms with Crippen LogP contribution in [0.4, 0.5) is 5.69 Å². The quantitative estimate of drug-likeness (QED) is 0.650. The van der Waals surface area contributed by atoms with Gasteiger partial charge in [0.05, 0.1) is 19.4 Å². The van der Waals surface area contributed by atoms with E-state index in [0.717, 1.165) is 48.4 Å². The number of nitrogens with one attached hydrogen (secondary N) is 2. The van der Waals surface area contributed by atoms with Crippen LogP contribution in [0.1, 0.15) is 30.4 Å². The van der Waals surface area contributed by atoms with Crippen molar-refractivity contribution < 1.29 is 9.53 Å². The van der Waals surface area contributed by atoms with Crippen molar-refractivity contribution in [2.24, 2.45) is 5.10 Å². The van der Waals surface area contributed by atoms with Crippen LogP contribution in [0.15, 0.2) is 53.6 Å². The molecular formula is C20H23N3O2. The van der Waals surface area contributed by atoms with Gasteiger partial charge in [-0.2, -0.15) is 5.10 Å². The molecule has 0 heterocycles. The van der Waals surface area contributed by atoms with Crippen molar-refractivity contribution in [2.75, 3.05) is 19.0 Å². The fourth-order valence-electron chi connectivity index (χ4n) is 2.96. The SMILES string of the molecule is COc1cccc(NCC(=O)N/N=C2/CCCCc3ccccc32)c1. The Morgan fingerprint density at radius 2 is 1.96 bits per heavy atom. The van der Waals surface area contributed by atoms with Crippen LogP contribution in [-0.2, 0) is 11.2 Å². The number of fused-ring (bicyclic) bond motifs is 1. The van der Waals surface area contributed by atoms with Gasteiger partial charge in [-0.05, 0) is 43.4 Å². The summed E-state index contributed by atoms with van der Waals surface area (Å²) in [6.45, 7) is 0.158. The lowest BCUT2D eigenvalue weighted by atomic mass is 10.0. The lowest BCUT2D eigenvalue weighted by molar-refractivity contribution is -0.119. The smallest absolute Gasteiger partial charge is 0.259 e. The summed E-state index contributed by atoms with van der Waals surface area (Å²) in [5.41, 5.74) is 6.93. The number of nitrogens with zero attached hydrogens (tertiary/aromatic N) is 1. The fourth-order valence-corrected chi connectivity index (χ4v) is 2.96. The summed E-state index contributed by atoms with van der Waals surface area (Å²) in [6, 6.07) is 15.8. The molecule has 2 aromatic rings. The second kappa shape index (κ2) is 8.33. The fraction of sp³-hybridized carbons (Fsp3) is 0.300. The minimum Gasteiger partial charge on any atom is -0.497 e. The van der Waals surface area contributed by atoms with Gasteiger partial charge in [-0.3, -0.25) is 4.79 Å². The molecule has 0 radical (unpaired) electrons. The number of carbonyl (C=O) groups excluding carboxylic acids is 1. The van der Waals surface area contributed by atoms with E-state index in [9.17, 15) is 4.79 Å². The number of benzene rings is 2. The highest BCUT2D eigenvalue weighted by Crippen LogP contribution is 2.20. The number of carbonyl (C=O) groups is 1. The Labute approximate surface area is 148 Å². The van der Waals surface area contributed by atoms with E-state index in [0.29, 0.717) is 0 Å². The molecule has 0 aliphatic heterocycles. The lowest BCUT2D eigenvalue weighted by Gasteiger charge is -2.09. The summed E-state index contributed by atoms with van der Waals surface area (Å²) in [5.74, 6) is 0.581. The van der Waals surface area contributed by atoms with Crippen LogP contribution < -0.4 is 15.5 Å². The van der Waals surface area contributed by atoms with Gasteiger partial charge in [0.1, 0.15) is 5.75 Å². The van der Waals surface area contributed by atoms with Gasteiger partial charge in [-0.15, -0.1) is 0 Å². The number of aryl methyl sites for hydroxylation is 1. The molecule has 25 heavy (non-hydrogen) atoms. The molecule has 0 bridgehead atoms. The van der Waals surface area contributed by atoms with E-state index in [2.05, 4.69) is 34.0 Å². The zero-order valence-corrected chi connectivity index (χ0v) is 14.4. The van der Waals surface area contributed by atoms with Gasteiger partial charge < -0.3 is 10.1 Å². The molecule has 0 saturated carbocycles. The third-order valence-corrected chi connectivity index (χ3v) is 4.28. The van der Waals surface area contributed by atoms with Crippen LogP contribution in [0.25, 0.3) is 0 Å². The Hall–Kier alpha value is -2.82. The number of rotatable bonds is 5. The van der Waals surface area contributed by atoms with Crippen LogP contribution in [0.2, 0.25) is 0 Å². The molecular weight excluding hydrogens is 314 g/mol. The van der Waals surface area contributed by atoms with E-state index < -0.39 is 0 Å².